The first-order valence-electron chi connectivity index (χ1n) is 7.19. The normalized spacial score (nSPS) is 12.0. The molecule has 1 aromatic carbocycles. The monoisotopic (exact) mass is 384 g/mol. The van der Waals surface area contributed by atoms with Crippen LogP contribution in [0.3, 0.4) is 0 Å². The quantitative estimate of drug-likeness (QED) is 0.845. The van der Waals surface area contributed by atoms with Crippen LogP contribution in [0.4, 0.5) is 9.39 Å². The number of anilines is 1. The minimum absolute atomic E-state index is 0.0384. The molecular weight excluding hydrogens is 367 g/mol. The largest absolute Gasteiger partial charge is 0.366 e. The first kappa shape index (κ1) is 19.1. The molecule has 0 unspecified atom stereocenters. The Hall–Kier alpha value is -2.26. The SMILES string of the molecule is CC(C)(C)S(=O)(=O)c1cc(C(N)=O)c(NC(=O)c2ccccc2F)s1. The van der Waals surface area contributed by atoms with Gasteiger partial charge in [-0.15, -0.1) is 11.3 Å². The summed E-state index contributed by atoms with van der Waals surface area (Å²) in [6.45, 7) is 4.55. The molecule has 2 rings (SSSR count). The number of carbonyl (C=O) groups is 2. The van der Waals surface area contributed by atoms with Crippen LogP contribution < -0.4 is 11.1 Å². The molecule has 0 fully saturated rings. The molecule has 0 saturated heterocycles. The van der Waals surface area contributed by atoms with E-state index in [0.717, 1.165) is 12.1 Å². The Labute approximate surface area is 148 Å². The summed E-state index contributed by atoms with van der Waals surface area (Å²) in [4.78, 5) is 23.8. The van der Waals surface area contributed by atoms with Crippen LogP contribution in [0.1, 0.15) is 41.5 Å². The van der Waals surface area contributed by atoms with Crippen molar-refractivity contribution in [2.75, 3.05) is 5.32 Å². The molecular formula is C16H17FN2O4S2. The number of thiophene rings is 1. The average Bonchev–Trinajstić information content (AvgIpc) is 2.91. The van der Waals surface area contributed by atoms with Crippen molar-refractivity contribution in [2.45, 2.75) is 29.7 Å². The lowest BCUT2D eigenvalue weighted by Gasteiger charge is -2.17. The van der Waals surface area contributed by atoms with Crippen molar-refractivity contribution in [1.82, 2.24) is 0 Å². The van der Waals surface area contributed by atoms with Crippen LogP contribution in [0.5, 0.6) is 0 Å². The summed E-state index contributed by atoms with van der Waals surface area (Å²) >= 11 is 0.707. The second kappa shape index (κ2) is 6.57. The number of halogens is 1. The van der Waals surface area contributed by atoms with Crippen molar-refractivity contribution in [2.24, 2.45) is 5.73 Å². The van der Waals surface area contributed by atoms with Gasteiger partial charge in [0.15, 0.2) is 9.84 Å². The molecule has 0 aliphatic rings. The zero-order chi connectivity index (χ0) is 19.0. The summed E-state index contributed by atoms with van der Waals surface area (Å²) < 4.78 is 37.6. The molecule has 2 aromatic rings. The van der Waals surface area contributed by atoms with E-state index in [0.29, 0.717) is 11.3 Å². The Bertz CT molecular complexity index is 943. The lowest BCUT2D eigenvalue weighted by molar-refractivity contribution is 0.100. The highest BCUT2D eigenvalue weighted by molar-refractivity contribution is 7.94. The Balaban J connectivity index is 2.47. The van der Waals surface area contributed by atoms with Crippen LogP contribution >= 0.6 is 11.3 Å². The molecule has 3 N–H and O–H groups in total. The molecule has 25 heavy (non-hydrogen) atoms. The number of carbonyl (C=O) groups excluding carboxylic acids is 2. The second-order valence-corrected chi connectivity index (χ2v) is 10.2. The highest BCUT2D eigenvalue weighted by Crippen LogP contribution is 2.36. The number of hydrogen-bond donors (Lipinski definition) is 2. The van der Waals surface area contributed by atoms with Crippen molar-refractivity contribution >= 4 is 38.0 Å². The Morgan fingerprint density at radius 1 is 1.16 bits per heavy atom. The van der Waals surface area contributed by atoms with E-state index >= 15 is 0 Å². The lowest BCUT2D eigenvalue weighted by Crippen LogP contribution is -2.27. The fourth-order valence-electron chi connectivity index (χ4n) is 1.89. The van der Waals surface area contributed by atoms with Crippen LogP contribution in [0.15, 0.2) is 34.5 Å². The Kier molecular flexibility index (Phi) is 5.01. The number of primary amides is 1. The van der Waals surface area contributed by atoms with E-state index < -0.39 is 32.2 Å². The van der Waals surface area contributed by atoms with Gasteiger partial charge in [-0.25, -0.2) is 12.8 Å². The zero-order valence-corrected chi connectivity index (χ0v) is 15.4. The third-order valence-corrected chi connectivity index (χ3v) is 7.40. The number of sulfone groups is 1. The van der Waals surface area contributed by atoms with Crippen LogP contribution in [0.2, 0.25) is 0 Å². The molecule has 6 nitrogen and oxygen atoms in total. The Morgan fingerprint density at radius 3 is 2.28 bits per heavy atom. The standard InChI is InChI=1S/C16H17FN2O4S2/c1-16(2,3)25(22,23)12-8-10(13(18)20)15(24-12)19-14(21)9-6-4-5-7-11(9)17/h4-8H,1-3H3,(H2,18,20)(H,19,21). The summed E-state index contributed by atoms with van der Waals surface area (Å²) in [6, 6.07) is 6.43. The average molecular weight is 384 g/mol. The first-order valence-corrected chi connectivity index (χ1v) is 9.49. The van der Waals surface area contributed by atoms with E-state index in [2.05, 4.69) is 5.32 Å². The van der Waals surface area contributed by atoms with Crippen LogP contribution in [0, 0.1) is 5.82 Å². The fourth-order valence-corrected chi connectivity index (χ4v) is 5.00. The van der Waals surface area contributed by atoms with E-state index in [1.807, 2.05) is 0 Å². The Morgan fingerprint density at radius 2 is 1.76 bits per heavy atom. The van der Waals surface area contributed by atoms with Gasteiger partial charge in [0.1, 0.15) is 15.0 Å². The molecule has 0 aliphatic carbocycles. The maximum absolute atomic E-state index is 13.7. The maximum atomic E-state index is 13.7. The third-order valence-electron chi connectivity index (χ3n) is 3.39. The van der Waals surface area contributed by atoms with E-state index in [1.54, 1.807) is 0 Å². The van der Waals surface area contributed by atoms with Crippen molar-refractivity contribution in [1.29, 1.82) is 0 Å². The second-order valence-electron chi connectivity index (χ2n) is 6.22. The topological polar surface area (TPSA) is 106 Å². The summed E-state index contributed by atoms with van der Waals surface area (Å²) in [7, 11) is -3.73. The lowest BCUT2D eigenvalue weighted by atomic mass is 10.2. The van der Waals surface area contributed by atoms with Gasteiger partial charge in [-0.3, -0.25) is 9.59 Å². The van der Waals surface area contributed by atoms with Gasteiger partial charge in [-0.2, -0.15) is 0 Å². The number of hydrogen-bond acceptors (Lipinski definition) is 5. The molecule has 0 saturated carbocycles. The van der Waals surface area contributed by atoms with Crippen LogP contribution in [-0.4, -0.2) is 25.0 Å². The van der Waals surface area contributed by atoms with Gasteiger partial charge in [0.25, 0.3) is 11.8 Å². The van der Waals surface area contributed by atoms with Crippen molar-refractivity contribution in [3.8, 4) is 0 Å². The molecule has 0 aliphatic heterocycles. The van der Waals surface area contributed by atoms with Gasteiger partial charge in [0.05, 0.1) is 15.9 Å². The number of nitrogens with two attached hydrogens (primary N) is 1. The molecule has 0 spiro atoms. The van der Waals surface area contributed by atoms with E-state index in [-0.39, 0.29) is 20.3 Å². The van der Waals surface area contributed by atoms with Gasteiger partial charge >= 0.3 is 0 Å². The van der Waals surface area contributed by atoms with Gasteiger partial charge in [-0.05, 0) is 39.0 Å². The number of nitrogens with one attached hydrogen (secondary N) is 1. The molecule has 134 valence electrons. The third kappa shape index (κ3) is 3.72. The molecule has 1 heterocycles. The summed E-state index contributed by atoms with van der Waals surface area (Å²) in [5, 5.41) is 2.33. The minimum Gasteiger partial charge on any atom is -0.366 e. The van der Waals surface area contributed by atoms with E-state index in [1.165, 1.54) is 39.0 Å². The van der Waals surface area contributed by atoms with Crippen molar-refractivity contribution < 1.29 is 22.4 Å². The highest BCUT2D eigenvalue weighted by Gasteiger charge is 2.34. The van der Waals surface area contributed by atoms with Crippen LogP contribution in [-0.2, 0) is 9.84 Å². The number of amides is 2. The molecule has 0 radical (unpaired) electrons. The van der Waals surface area contributed by atoms with E-state index in [4.69, 9.17) is 5.73 Å². The molecule has 1 aromatic heterocycles. The molecule has 2 amide bonds. The maximum Gasteiger partial charge on any atom is 0.259 e. The smallest absolute Gasteiger partial charge is 0.259 e. The summed E-state index contributed by atoms with van der Waals surface area (Å²) in [6.07, 6.45) is 0. The summed E-state index contributed by atoms with van der Waals surface area (Å²) in [5.74, 6) is -2.43. The van der Waals surface area contributed by atoms with Crippen molar-refractivity contribution in [3.05, 3.63) is 47.3 Å². The molecule has 9 heteroatoms. The predicted molar refractivity (Wildman–Crippen MR) is 94.1 cm³/mol. The van der Waals surface area contributed by atoms with Crippen molar-refractivity contribution in [3.63, 3.8) is 0 Å². The zero-order valence-electron chi connectivity index (χ0n) is 13.8. The van der Waals surface area contributed by atoms with E-state index in [9.17, 15) is 22.4 Å². The van der Waals surface area contributed by atoms with Gasteiger partial charge in [0, 0.05) is 0 Å². The number of benzene rings is 1. The van der Waals surface area contributed by atoms with Crippen LogP contribution in [0.25, 0.3) is 0 Å². The van der Waals surface area contributed by atoms with Gasteiger partial charge < -0.3 is 11.1 Å². The fraction of sp³-hybridized carbons (Fsp3) is 0.250. The summed E-state index contributed by atoms with van der Waals surface area (Å²) in [5.41, 5.74) is 4.90. The molecule has 0 bridgehead atoms. The predicted octanol–water partition coefficient (Wildman–Crippen LogP) is 2.81. The highest BCUT2D eigenvalue weighted by atomic mass is 32.2. The first-order chi connectivity index (χ1) is 11.4. The van der Waals surface area contributed by atoms with Gasteiger partial charge in [0.2, 0.25) is 0 Å². The number of rotatable bonds is 4. The minimum atomic E-state index is -3.73. The van der Waals surface area contributed by atoms with Gasteiger partial charge in [-0.1, -0.05) is 12.1 Å². The molecule has 0 atom stereocenters.